The van der Waals surface area contributed by atoms with E-state index in [4.69, 9.17) is 11.6 Å². The fraction of sp³-hybridized carbons (Fsp3) is 0.692. The third-order valence-electron chi connectivity index (χ3n) is 7.90. The Balaban J connectivity index is 1.38. The van der Waals surface area contributed by atoms with E-state index in [0.717, 1.165) is 68.7 Å². The number of piperazine rings is 1. The number of anilines is 1. The highest BCUT2D eigenvalue weighted by Crippen LogP contribution is 2.31. The molecule has 3 fully saturated rings. The van der Waals surface area contributed by atoms with Crippen molar-refractivity contribution in [1.82, 2.24) is 9.80 Å². The van der Waals surface area contributed by atoms with Crippen molar-refractivity contribution in [2.24, 2.45) is 11.8 Å². The second-order valence-electron chi connectivity index (χ2n) is 10.3. The molecule has 2 saturated carbocycles. The van der Waals surface area contributed by atoms with Crippen LogP contribution in [0.4, 0.5) is 5.69 Å². The van der Waals surface area contributed by atoms with Gasteiger partial charge in [0.15, 0.2) is 0 Å². The molecule has 182 valence electrons. The molecule has 3 aliphatic rings. The van der Waals surface area contributed by atoms with Crippen LogP contribution in [0.2, 0.25) is 5.02 Å². The molecule has 33 heavy (non-hydrogen) atoms. The molecule has 0 spiro atoms. The summed E-state index contributed by atoms with van der Waals surface area (Å²) < 4.78 is 0. The third kappa shape index (κ3) is 5.90. The van der Waals surface area contributed by atoms with Crippen LogP contribution in [-0.4, -0.2) is 58.5 Å². The summed E-state index contributed by atoms with van der Waals surface area (Å²) in [6.45, 7) is 7.40. The lowest BCUT2D eigenvalue weighted by Gasteiger charge is -2.41. The molecule has 1 heterocycles. The molecule has 1 saturated heterocycles. The molecule has 1 aromatic carbocycles. The quantitative estimate of drug-likeness (QED) is 0.663. The van der Waals surface area contributed by atoms with Gasteiger partial charge in [0.1, 0.15) is 0 Å². The Morgan fingerprint density at radius 1 is 1.06 bits per heavy atom. The van der Waals surface area contributed by atoms with Crippen molar-refractivity contribution >= 4 is 29.1 Å². The van der Waals surface area contributed by atoms with Gasteiger partial charge in [0.2, 0.25) is 11.8 Å². The SMILES string of the molecule is Cc1c(CN2CCN(C(=O)C3CCCC3)C(C)C2)cc(Cl)cc1NC(=O)C1CCC(O)CC1. The number of halogens is 1. The standard InChI is InChI=1S/C26H38ClN3O3/c1-17-15-29(11-12-30(17)26(33)20-5-3-4-6-20)16-21-13-22(27)14-24(18(21)2)28-25(32)19-7-9-23(31)10-8-19/h13-14,17,19-20,23,31H,3-12,15-16H2,1-2H3,(H,28,32). The molecule has 0 bridgehead atoms. The van der Waals surface area contributed by atoms with E-state index >= 15 is 0 Å². The Labute approximate surface area is 202 Å². The van der Waals surface area contributed by atoms with E-state index in [1.165, 1.54) is 12.8 Å². The third-order valence-corrected chi connectivity index (χ3v) is 8.12. The van der Waals surface area contributed by atoms with E-state index in [1.54, 1.807) is 0 Å². The van der Waals surface area contributed by atoms with Crippen molar-refractivity contribution in [3.8, 4) is 0 Å². The van der Waals surface area contributed by atoms with Crippen LogP contribution >= 0.6 is 11.6 Å². The van der Waals surface area contributed by atoms with Crippen LogP contribution in [0.25, 0.3) is 0 Å². The van der Waals surface area contributed by atoms with Gasteiger partial charge in [-0.3, -0.25) is 14.5 Å². The Kier molecular flexibility index (Phi) is 7.98. The lowest BCUT2D eigenvalue weighted by molar-refractivity contribution is -0.140. The molecular weight excluding hydrogens is 438 g/mol. The number of carbonyl (C=O) groups excluding carboxylic acids is 2. The first kappa shape index (κ1) is 24.5. The van der Waals surface area contributed by atoms with Gasteiger partial charge in [-0.2, -0.15) is 0 Å². The molecule has 0 radical (unpaired) electrons. The van der Waals surface area contributed by atoms with Gasteiger partial charge < -0.3 is 15.3 Å². The first-order chi connectivity index (χ1) is 15.8. The predicted octanol–water partition coefficient (Wildman–Crippen LogP) is 4.36. The minimum Gasteiger partial charge on any atom is -0.393 e. The second-order valence-corrected chi connectivity index (χ2v) is 10.8. The minimum atomic E-state index is -0.273. The van der Waals surface area contributed by atoms with Crippen LogP contribution in [0.3, 0.4) is 0 Å². The molecule has 6 nitrogen and oxygen atoms in total. The summed E-state index contributed by atoms with van der Waals surface area (Å²) in [4.78, 5) is 30.2. The number of amides is 2. The van der Waals surface area contributed by atoms with Crippen LogP contribution in [0.15, 0.2) is 12.1 Å². The highest BCUT2D eigenvalue weighted by atomic mass is 35.5. The Morgan fingerprint density at radius 3 is 2.42 bits per heavy atom. The number of rotatable bonds is 5. The summed E-state index contributed by atoms with van der Waals surface area (Å²) in [5.74, 6) is 0.541. The molecule has 1 aliphatic heterocycles. The van der Waals surface area contributed by atoms with Crippen LogP contribution in [0.1, 0.15) is 69.4 Å². The largest absolute Gasteiger partial charge is 0.393 e. The first-order valence-electron chi connectivity index (χ1n) is 12.6. The summed E-state index contributed by atoms with van der Waals surface area (Å²) >= 11 is 6.44. The smallest absolute Gasteiger partial charge is 0.227 e. The van der Waals surface area contributed by atoms with Crippen molar-refractivity contribution in [2.45, 2.75) is 83.9 Å². The zero-order chi connectivity index (χ0) is 23.5. The number of hydrogen-bond acceptors (Lipinski definition) is 4. The van der Waals surface area contributed by atoms with Crippen molar-refractivity contribution in [1.29, 1.82) is 0 Å². The molecule has 1 aromatic rings. The lowest BCUT2D eigenvalue weighted by atomic mass is 9.87. The van der Waals surface area contributed by atoms with Gasteiger partial charge in [-0.25, -0.2) is 0 Å². The number of nitrogens with zero attached hydrogens (tertiary/aromatic N) is 2. The molecule has 7 heteroatoms. The molecule has 4 rings (SSSR count). The Hall–Kier alpha value is -1.63. The van der Waals surface area contributed by atoms with Gasteiger partial charge in [-0.05, 0) is 75.6 Å². The molecule has 0 aromatic heterocycles. The van der Waals surface area contributed by atoms with E-state index in [2.05, 4.69) is 22.0 Å². The van der Waals surface area contributed by atoms with E-state index < -0.39 is 0 Å². The van der Waals surface area contributed by atoms with Gasteiger partial charge in [-0.1, -0.05) is 24.4 Å². The average Bonchev–Trinajstić information content (AvgIpc) is 3.32. The summed E-state index contributed by atoms with van der Waals surface area (Å²) in [6.07, 6.45) is 7.00. The average molecular weight is 476 g/mol. The van der Waals surface area contributed by atoms with Crippen molar-refractivity contribution < 1.29 is 14.7 Å². The number of hydrogen-bond donors (Lipinski definition) is 2. The molecule has 2 N–H and O–H groups in total. The van der Waals surface area contributed by atoms with E-state index in [0.29, 0.717) is 23.8 Å². The van der Waals surface area contributed by atoms with Gasteiger partial charge in [0.05, 0.1) is 6.10 Å². The first-order valence-corrected chi connectivity index (χ1v) is 13.0. The number of carbonyl (C=O) groups is 2. The Morgan fingerprint density at radius 2 is 1.76 bits per heavy atom. The number of nitrogens with one attached hydrogen (secondary N) is 1. The van der Waals surface area contributed by atoms with Crippen molar-refractivity contribution in [3.05, 3.63) is 28.3 Å². The van der Waals surface area contributed by atoms with Gasteiger partial charge >= 0.3 is 0 Å². The van der Waals surface area contributed by atoms with Gasteiger partial charge in [0, 0.05) is 54.8 Å². The maximum atomic E-state index is 12.9. The maximum Gasteiger partial charge on any atom is 0.227 e. The van der Waals surface area contributed by atoms with Crippen LogP contribution < -0.4 is 5.32 Å². The van der Waals surface area contributed by atoms with Gasteiger partial charge in [0.25, 0.3) is 0 Å². The van der Waals surface area contributed by atoms with E-state index in [9.17, 15) is 14.7 Å². The molecule has 1 atom stereocenters. The Bertz CT molecular complexity index is 863. The molecular formula is C26H38ClN3O3. The van der Waals surface area contributed by atoms with E-state index in [-0.39, 0.29) is 29.9 Å². The summed E-state index contributed by atoms with van der Waals surface area (Å²) in [5, 5.41) is 13.4. The zero-order valence-electron chi connectivity index (χ0n) is 20.0. The van der Waals surface area contributed by atoms with Crippen LogP contribution in [-0.2, 0) is 16.1 Å². The number of aliphatic hydroxyl groups excluding tert-OH is 1. The van der Waals surface area contributed by atoms with Crippen LogP contribution in [0.5, 0.6) is 0 Å². The molecule has 1 unspecified atom stereocenters. The lowest BCUT2D eigenvalue weighted by Crippen LogP contribution is -2.54. The fourth-order valence-corrected chi connectivity index (χ4v) is 6.00. The summed E-state index contributed by atoms with van der Waals surface area (Å²) in [5.41, 5.74) is 2.93. The number of aliphatic hydroxyl groups is 1. The number of benzene rings is 1. The fourth-order valence-electron chi connectivity index (χ4n) is 5.75. The summed E-state index contributed by atoms with van der Waals surface area (Å²) in [7, 11) is 0. The molecule has 2 amide bonds. The van der Waals surface area contributed by atoms with Crippen molar-refractivity contribution in [3.63, 3.8) is 0 Å². The normalized spacial score (nSPS) is 27.0. The second kappa shape index (κ2) is 10.7. The van der Waals surface area contributed by atoms with Crippen LogP contribution in [0, 0.1) is 18.8 Å². The highest BCUT2D eigenvalue weighted by Gasteiger charge is 2.33. The summed E-state index contributed by atoms with van der Waals surface area (Å²) in [6, 6.07) is 4.02. The monoisotopic (exact) mass is 475 g/mol. The topological polar surface area (TPSA) is 72.9 Å². The van der Waals surface area contributed by atoms with Gasteiger partial charge in [-0.15, -0.1) is 0 Å². The van der Waals surface area contributed by atoms with Crippen molar-refractivity contribution in [2.75, 3.05) is 25.0 Å². The minimum absolute atomic E-state index is 0.0193. The molecule has 2 aliphatic carbocycles. The predicted molar refractivity (Wildman–Crippen MR) is 131 cm³/mol. The maximum absolute atomic E-state index is 12.9. The van der Waals surface area contributed by atoms with E-state index in [1.807, 2.05) is 19.1 Å². The zero-order valence-corrected chi connectivity index (χ0v) is 20.7. The highest BCUT2D eigenvalue weighted by molar-refractivity contribution is 6.31.